The second kappa shape index (κ2) is 3.59. The van der Waals surface area contributed by atoms with Gasteiger partial charge in [-0.2, -0.15) is 0 Å². The minimum atomic E-state index is 0.487. The highest BCUT2D eigenvalue weighted by atomic mass is 35.5. The third-order valence-corrected chi connectivity index (χ3v) is 2.86. The first-order valence-corrected chi connectivity index (χ1v) is 5.71. The molecule has 2 aromatic rings. The summed E-state index contributed by atoms with van der Waals surface area (Å²) in [7, 11) is 0. The Kier molecular flexibility index (Phi) is 2.21. The number of rotatable bonds is 2. The zero-order valence-corrected chi connectivity index (χ0v) is 9.66. The van der Waals surface area contributed by atoms with Gasteiger partial charge in [-0.25, -0.2) is 9.97 Å². The lowest BCUT2D eigenvalue weighted by molar-refractivity contribution is 0.543. The van der Waals surface area contributed by atoms with Crippen LogP contribution in [0, 0.1) is 6.92 Å². The lowest BCUT2D eigenvalue weighted by Gasteiger charge is -2.01. The van der Waals surface area contributed by atoms with Crippen molar-refractivity contribution < 1.29 is 4.42 Å². The van der Waals surface area contributed by atoms with Gasteiger partial charge in [0.1, 0.15) is 10.9 Å². The van der Waals surface area contributed by atoms with Crippen LogP contribution in [-0.2, 0) is 0 Å². The molecule has 2 aromatic heterocycles. The third kappa shape index (κ3) is 1.83. The topological polar surface area (TPSA) is 38.9 Å². The minimum Gasteiger partial charge on any atom is -0.458 e. The van der Waals surface area contributed by atoms with E-state index >= 15 is 0 Å². The van der Waals surface area contributed by atoms with Crippen molar-refractivity contribution in [3.05, 3.63) is 34.8 Å². The molecule has 0 spiro atoms. The van der Waals surface area contributed by atoms with E-state index in [0.717, 1.165) is 11.5 Å². The summed E-state index contributed by atoms with van der Waals surface area (Å²) in [6.07, 6.45) is 2.40. The summed E-state index contributed by atoms with van der Waals surface area (Å²) in [6.45, 7) is 1.90. The fraction of sp³-hybridized carbons (Fsp3) is 0.333. The molecule has 0 amide bonds. The maximum Gasteiger partial charge on any atom is 0.197 e. The monoisotopic (exact) mass is 234 g/mol. The van der Waals surface area contributed by atoms with Crippen molar-refractivity contribution in [2.45, 2.75) is 25.7 Å². The SMILES string of the molecule is Cc1ccc(-c2nc(Cl)cc(C3CC3)n2)o1. The van der Waals surface area contributed by atoms with E-state index in [1.807, 2.05) is 25.1 Å². The average Bonchev–Trinajstić information content (AvgIpc) is 3.01. The summed E-state index contributed by atoms with van der Waals surface area (Å²) < 4.78 is 5.50. The molecule has 3 rings (SSSR count). The zero-order valence-electron chi connectivity index (χ0n) is 8.90. The number of hydrogen-bond donors (Lipinski definition) is 0. The number of halogens is 1. The molecule has 82 valence electrons. The van der Waals surface area contributed by atoms with Crippen LogP contribution in [0.5, 0.6) is 0 Å². The Bertz CT molecular complexity index is 532. The first-order valence-electron chi connectivity index (χ1n) is 5.33. The van der Waals surface area contributed by atoms with Crippen LogP contribution in [0.4, 0.5) is 0 Å². The van der Waals surface area contributed by atoms with E-state index in [2.05, 4.69) is 9.97 Å². The lowest BCUT2D eigenvalue weighted by Crippen LogP contribution is -1.93. The Labute approximate surface area is 98.5 Å². The van der Waals surface area contributed by atoms with E-state index in [0.29, 0.717) is 22.7 Å². The van der Waals surface area contributed by atoms with Gasteiger partial charge in [0.2, 0.25) is 0 Å². The van der Waals surface area contributed by atoms with Crippen LogP contribution in [0.25, 0.3) is 11.6 Å². The molecule has 1 aliphatic carbocycles. The van der Waals surface area contributed by atoms with Crippen molar-refractivity contribution in [1.82, 2.24) is 9.97 Å². The predicted octanol–water partition coefficient (Wildman–Crippen LogP) is 3.58. The highest BCUT2D eigenvalue weighted by Crippen LogP contribution is 2.40. The Morgan fingerprint density at radius 1 is 1.31 bits per heavy atom. The van der Waals surface area contributed by atoms with Crippen molar-refractivity contribution in [1.29, 1.82) is 0 Å². The lowest BCUT2D eigenvalue weighted by atomic mass is 10.3. The van der Waals surface area contributed by atoms with Gasteiger partial charge in [0.25, 0.3) is 0 Å². The molecule has 1 fully saturated rings. The van der Waals surface area contributed by atoms with E-state index in [1.54, 1.807) is 0 Å². The van der Waals surface area contributed by atoms with E-state index in [4.69, 9.17) is 16.0 Å². The van der Waals surface area contributed by atoms with E-state index in [-0.39, 0.29) is 0 Å². The van der Waals surface area contributed by atoms with E-state index < -0.39 is 0 Å². The van der Waals surface area contributed by atoms with E-state index in [9.17, 15) is 0 Å². The van der Waals surface area contributed by atoms with Gasteiger partial charge in [0.15, 0.2) is 11.6 Å². The summed E-state index contributed by atoms with van der Waals surface area (Å²) in [6, 6.07) is 5.62. The summed E-state index contributed by atoms with van der Waals surface area (Å²) in [5, 5.41) is 0.487. The first kappa shape index (κ1) is 9.85. The molecular weight excluding hydrogens is 224 g/mol. The zero-order chi connectivity index (χ0) is 11.1. The summed E-state index contributed by atoms with van der Waals surface area (Å²) in [5.41, 5.74) is 1.03. The molecule has 0 atom stereocenters. The maximum absolute atomic E-state index is 5.99. The Morgan fingerprint density at radius 2 is 2.12 bits per heavy atom. The van der Waals surface area contributed by atoms with Gasteiger partial charge < -0.3 is 4.42 Å². The van der Waals surface area contributed by atoms with Gasteiger partial charge in [0.05, 0.1) is 0 Å². The van der Waals surface area contributed by atoms with Crippen molar-refractivity contribution in [3.63, 3.8) is 0 Å². The summed E-state index contributed by atoms with van der Waals surface area (Å²) >= 11 is 5.99. The third-order valence-electron chi connectivity index (χ3n) is 2.67. The minimum absolute atomic E-state index is 0.487. The predicted molar refractivity (Wildman–Crippen MR) is 61.5 cm³/mol. The number of aromatic nitrogens is 2. The molecule has 2 heterocycles. The van der Waals surface area contributed by atoms with Gasteiger partial charge in [-0.1, -0.05) is 11.6 Å². The Hall–Kier alpha value is -1.35. The molecule has 0 N–H and O–H groups in total. The Morgan fingerprint density at radius 3 is 2.75 bits per heavy atom. The van der Waals surface area contributed by atoms with E-state index in [1.165, 1.54) is 12.8 Å². The van der Waals surface area contributed by atoms with Crippen LogP contribution >= 0.6 is 11.6 Å². The molecular formula is C12H11ClN2O. The largest absolute Gasteiger partial charge is 0.458 e. The Balaban J connectivity index is 2.06. The van der Waals surface area contributed by atoms with Crippen molar-refractivity contribution in [3.8, 4) is 11.6 Å². The van der Waals surface area contributed by atoms with Gasteiger partial charge >= 0.3 is 0 Å². The van der Waals surface area contributed by atoms with Crippen LogP contribution in [-0.4, -0.2) is 9.97 Å². The molecule has 0 aliphatic heterocycles. The van der Waals surface area contributed by atoms with Crippen LogP contribution in [0.15, 0.2) is 22.6 Å². The molecule has 0 aromatic carbocycles. The van der Waals surface area contributed by atoms with Crippen LogP contribution < -0.4 is 0 Å². The van der Waals surface area contributed by atoms with Crippen molar-refractivity contribution in [2.75, 3.05) is 0 Å². The van der Waals surface area contributed by atoms with Crippen LogP contribution in [0.2, 0.25) is 5.15 Å². The summed E-state index contributed by atoms with van der Waals surface area (Å²) in [4.78, 5) is 8.68. The molecule has 16 heavy (non-hydrogen) atoms. The number of aryl methyl sites for hydroxylation is 1. The average molecular weight is 235 g/mol. The summed E-state index contributed by atoms with van der Waals surface area (Å²) in [5.74, 6) is 2.69. The quantitative estimate of drug-likeness (QED) is 0.746. The second-order valence-corrected chi connectivity index (χ2v) is 4.51. The van der Waals surface area contributed by atoms with Gasteiger partial charge in [-0.05, 0) is 38.0 Å². The molecule has 1 aliphatic rings. The van der Waals surface area contributed by atoms with Crippen LogP contribution in [0.3, 0.4) is 0 Å². The molecule has 0 saturated heterocycles. The standard InChI is InChI=1S/C12H11ClN2O/c1-7-2-5-10(16-7)12-14-9(8-3-4-8)6-11(13)15-12/h2,5-6,8H,3-4H2,1H3. The molecule has 4 heteroatoms. The van der Waals surface area contributed by atoms with Gasteiger partial charge in [-0.3, -0.25) is 0 Å². The smallest absolute Gasteiger partial charge is 0.197 e. The molecule has 1 saturated carbocycles. The fourth-order valence-electron chi connectivity index (χ4n) is 1.69. The molecule has 0 unspecified atom stereocenters. The van der Waals surface area contributed by atoms with Gasteiger partial charge in [-0.15, -0.1) is 0 Å². The van der Waals surface area contributed by atoms with Crippen LogP contribution in [0.1, 0.15) is 30.2 Å². The molecule has 0 bridgehead atoms. The normalized spacial score (nSPS) is 15.4. The van der Waals surface area contributed by atoms with Gasteiger partial charge in [0, 0.05) is 11.6 Å². The molecule has 3 nitrogen and oxygen atoms in total. The fourth-order valence-corrected chi connectivity index (χ4v) is 1.88. The highest BCUT2D eigenvalue weighted by Gasteiger charge is 2.26. The molecule has 0 radical (unpaired) electrons. The highest BCUT2D eigenvalue weighted by molar-refractivity contribution is 6.29. The maximum atomic E-state index is 5.99. The number of hydrogen-bond acceptors (Lipinski definition) is 3. The first-order chi connectivity index (χ1) is 7.72. The second-order valence-electron chi connectivity index (χ2n) is 4.12. The number of nitrogens with zero attached hydrogens (tertiary/aromatic N) is 2. The van der Waals surface area contributed by atoms with Crippen molar-refractivity contribution >= 4 is 11.6 Å². The number of furan rings is 1. The van der Waals surface area contributed by atoms with Crippen molar-refractivity contribution in [2.24, 2.45) is 0 Å².